The molecular formula is C18H18N2O4. The predicted octanol–water partition coefficient (Wildman–Crippen LogP) is 1.80. The Kier molecular flexibility index (Phi) is 5.68. The number of nitrogens with one attached hydrogen (secondary N) is 1. The number of nitrogens with two attached hydrogens (primary N) is 1. The number of hydrogen-bond acceptors (Lipinski definition) is 3. The molecule has 4 N–H and O–H groups in total. The molecule has 24 heavy (non-hydrogen) atoms. The summed E-state index contributed by atoms with van der Waals surface area (Å²) in [5.74, 6) is -2.32. The third kappa shape index (κ3) is 4.67. The highest BCUT2D eigenvalue weighted by Gasteiger charge is 2.21. The number of hydrogen-bond donors (Lipinski definition) is 3. The summed E-state index contributed by atoms with van der Waals surface area (Å²) >= 11 is 0. The van der Waals surface area contributed by atoms with Gasteiger partial charge in [0.05, 0.1) is 0 Å². The summed E-state index contributed by atoms with van der Waals surface area (Å²) in [6, 6.07) is 15.4. The van der Waals surface area contributed by atoms with E-state index in [1.54, 1.807) is 24.3 Å². The number of carboxylic acids is 1. The zero-order valence-electron chi connectivity index (χ0n) is 12.9. The number of amides is 2. The van der Waals surface area contributed by atoms with Crippen molar-refractivity contribution in [1.29, 1.82) is 0 Å². The average molecular weight is 326 g/mol. The number of aliphatic carboxylic acids is 1. The van der Waals surface area contributed by atoms with Crippen LogP contribution in [0, 0.1) is 0 Å². The fraction of sp³-hybridized carbons (Fsp3) is 0.167. The molecule has 2 aromatic rings. The number of primary amides is 1. The van der Waals surface area contributed by atoms with Crippen molar-refractivity contribution in [3.63, 3.8) is 0 Å². The zero-order chi connectivity index (χ0) is 17.5. The monoisotopic (exact) mass is 326 g/mol. The maximum absolute atomic E-state index is 12.2. The first kappa shape index (κ1) is 17.2. The van der Waals surface area contributed by atoms with Crippen molar-refractivity contribution in [3.05, 3.63) is 60.2 Å². The Bertz CT molecular complexity index is 726. The van der Waals surface area contributed by atoms with Gasteiger partial charge in [-0.05, 0) is 29.7 Å². The Balaban J connectivity index is 2.06. The van der Waals surface area contributed by atoms with Gasteiger partial charge in [0, 0.05) is 12.0 Å². The highest BCUT2D eigenvalue weighted by molar-refractivity contribution is 5.97. The lowest BCUT2D eigenvalue weighted by molar-refractivity contribution is -0.139. The lowest BCUT2D eigenvalue weighted by Crippen LogP contribution is -2.41. The van der Waals surface area contributed by atoms with Crippen molar-refractivity contribution >= 4 is 17.8 Å². The minimum Gasteiger partial charge on any atom is -0.480 e. The molecule has 6 heteroatoms. The van der Waals surface area contributed by atoms with E-state index in [0.29, 0.717) is 5.56 Å². The number of carbonyl (C=O) groups excluding carboxylic acids is 2. The number of carboxylic acid groups (broad SMARTS) is 1. The van der Waals surface area contributed by atoms with Crippen LogP contribution in [0.25, 0.3) is 11.1 Å². The molecule has 0 aliphatic heterocycles. The molecule has 2 aromatic carbocycles. The molecule has 6 nitrogen and oxygen atoms in total. The quantitative estimate of drug-likeness (QED) is 0.720. The minimum atomic E-state index is -1.20. The van der Waals surface area contributed by atoms with Crippen LogP contribution in [0.5, 0.6) is 0 Å². The molecule has 0 bridgehead atoms. The van der Waals surface area contributed by atoms with Crippen LogP contribution >= 0.6 is 0 Å². The van der Waals surface area contributed by atoms with Gasteiger partial charge in [0.15, 0.2) is 0 Å². The van der Waals surface area contributed by atoms with E-state index in [1.807, 2.05) is 30.3 Å². The molecule has 0 unspecified atom stereocenters. The van der Waals surface area contributed by atoms with Crippen molar-refractivity contribution in [1.82, 2.24) is 5.32 Å². The van der Waals surface area contributed by atoms with Gasteiger partial charge in [-0.3, -0.25) is 9.59 Å². The van der Waals surface area contributed by atoms with E-state index < -0.39 is 23.8 Å². The minimum absolute atomic E-state index is 0.0431. The summed E-state index contributed by atoms with van der Waals surface area (Å²) in [6.45, 7) is 0. The van der Waals surface area contributed by atoms with E-state index in [4.69, 9.17) is 10.8 Å². The lowest BCUT2D eigenvalue weighted by atomic mass is 10.0. The Morgan fingerprint density at radius 3 is 2.08 bits per heavy atom. The molecule has 0 aromatic heterocycles. The molecular weight excluding hydrogens is 308 g/mol. The fourth-order valence-corrected chi connectivity index (χ4v) is 2.23. The van der Waals surface area contributed by atoms with Gasteiger partial charge >= 0.3 is 5.97 Å². The van der Waals surface area contributed by atoms with Gasteiger partial charge in [0.25, 0.3) is 5.91 Å². The van der Waals surface area contributed by atoms with E-state index in [0.717, 1.165) is 11.1 Å². The standard InChI is InChI=1S/C18H18N2O4/c19-16(21)11-10-15(18(23)24)20-17(22)14-8-6-13(7-9-14)12-4-2-1-3-5-12/h1-9,15H,10-11H2,(H2,19,21)(H,20,22)(H,23,24)/t15-/m0/s1. The summed E-state index contributed by atoms with van der Waals surface area (Å²) in [5, 5.41) is 11.5. The van der Waals surface area contributed by atoms with Crippen LogP contribution in [0.4, 0.5) is 0 Å². The second-order valence-electron chi connectivity index (χ2n) is 5.31. The highest BCUT2D eigenvalue weighted by atomic mass is 16.4. The van der Waals surface area contributed by atoms with Crippen molar-refractivity contribution in [2.24, 2.45) is 5.73 Å². The Morgan fingerprint density at radius 1 is 0.958 bits per heavy atom. The summed E-state index contributed by atoms with van der Waals surface area (Å²) in [6.07, 6.45) is -0.150. The summed E-state index contributed by atoms with van der Waals surface area (Å²) < 4.78 is 0. The molecule has 0 heterocycles. The van der Waals surface area contributed by atoms with E-state index >= 15 is 0 Å². The predicted molar refractivity (Wildman–Crippen MR) is 89.2 cm³/mol. The molecule has 1 atom stereocenters. The molecule has 0 saturated carbocycles. The van der Waals surface area contributed by atoms with Crippen LogP contribution in [0.3, 0.4) is 0 Å². The first-order chi connectivity index (χ1) is 11.5. The van der Waals surface area contributed by atoms with Gasteiger partial charge in [0.2, 0.25) is 5.91 Å². The Morgan fingerprint density at radius 2 is 1.54 bits per heavy atom. The largest absolute Gasteiger partial charge is 0.480 e. The molecule has 0 radical (unpaired) electrons. The van der Waals surface area contributed by atoms with E-state index in [-0.39, 0.29) is 12.8 Å². The van der Waals surface area contributed by atoms with Gasteiger partial charge in [-0.25, -0.2) is 4.79 Å². The summed E-state index contributed by atoms with van der Waals surface area (Å²) in [5.41, 5.74) is 7.33. The average Bonchev–Trinajstić information content (AvgIpc) is 2.59. The molecule has 0 fully saturated rings. The molecule has 124 valence electrons. The SMILES string of the molecule is NC(=O)CC[C@H](NC(=O)c1ccc(-c2ccccc2)cc1)C(=O)O. The smallest absolute Gasteiger partial charge is 0.326 e. The van der Waals surface area contributed by atoms with E-state index in [1.165, 1.54) is 0 Å². The van der Waals surface area contributed by atoms with Crippen molar-refractivity contribution in [2.75, 3.05) is 0 Å². The molecule has 0 spiro atoms. The first-order valence-corrected chi connectivity index (χ1v) is 7.45. The van der Waals surface area contributed by atoms with Crippen LogP contribution in [0.15, 0.2) is 54.6 Å². The van der Waals surface area contributed by atoms with Crippen molar-refractivity contribution in [2.45, 2.75) is 18.9 Å². The van der Waals surface area contributed by atoms with Crippen LogP contribution in [0.2, 0.25) is 0 Å². The molecule has 0 saturated heterocycles. The summed E-state index contributed by atoms with van der Waals surface area (Å²) in [7, 11) is 0. The molecule has 0 aliphatic rings. The van der Waals surface area contributed by atoms with E-state index in [2.05, 4.69) is 5.32 Å². The second kappa shape index (κ2) is 7.92. The highest BCUT2D eigenvalue weighted by Crippen LogP contribution is 2.19. The maximum Gasteiger partial charge on any atom is 0.326 e. The van der Waals surface area contributed by atoms with Crippen LogP contribution in [0.1, 0.15) is 23.2 Å². The van der Waals surface area contributed by atoms with Gasteiger partial charge in [-0.1, -0.05) is 42.5 Å². The molecule has 0 aliphatic carbocycles. The van der Waals surface area contributed by atoms with Gasteiger partial charge in [0.1, 0.15) is 6.04 Å². The van der Waals surface area contributed by atoms with Gasteiger partial charge in [-0.15, -0.1) is 0 Å². The van der Waals surface area contributed by atoms with Crippen LogP contribution in [-0.4, -0.2) is 28.9 Å². The van der Waals surface area contributed by atoms with E-state index in [9.17, 15) is 14.4 Å². The van der Waals surface area contributed by atoms with Gasteiger partial charge < -0.3 is 16.2 Å². The third-order valence-corrected chi connectivity index (χ3v) is 3.54. The van der Waals surface area contributed by atoms with Crippen LogP contribution in [-0.2, 0) is 9.59 Å². The van der Waals surface area contributed by atoms with Crippen molar-refractivity contribution in [3.8, 4) is 11.1 Å². The normalized spacial score (nSPS) is 11.5. The van der Waals surface area contributed by atoms with Crippen LogP contribution < -0.4 is 11.1 Å². The number of benzene rings is 2. The molecule has 2 rings (SSSR count). The zero-order valence-corrected chi connectivity index (χ0v) is 12.9. The molecule has 2 amide bonds. The van der Waals surface area contributed by atoms with Gasteiger partial charge in [-0.2, -0.15) is 0 Å². The second-order valence-corrected chi connectivity index (χ2v) is 5.31. The Labute approximate surface area is 139 Å². The third-order valence-electron chi connectivity index (χ3n) is 3.54. The van der Waals surface area contributed by atoms with Crippen molar-refractivity contribution < 1.29 is 19.5 Å². The topological polar surface area (TPSA) is 109 Å². The lowest BCUT2D eigenvalue weighted by Gasteiger charge is -2.14. The fourth-order valence-electron chi connectivity index (χ4n) is 2.23. The maximum atomic E-state index is 12.2. The first-order valence-electron chi connectivity index (χ1n) is 7.45. The number of rotatable bonds is 7. The summed E-state index contributed by atoms with van der Waals surface area (Å²) in [4.78, 5) is 34.1. The number of carbonyl (C=O) groups is 3. The Hall–Kier alpha value is -3.15.